The van der Waals surface area contributed by atoms with Crippen LogP contribution in [0.4, 0.5) is 0 Å². The van der Waals surface area contributed by atoms with Gasteiger partial charge in [0, 0.05) is 19.3 Å². The molecule has 4 amide bonds. The van der Waals surface area contributed by atoms with Crippen molar-refractivity contribution in [2.75, 3.05) is 0 Å². The monoisotopic (exact) mass is 421 g/mol. The number of nitrogens with one attached hydrogen (secondary N) is 2. The van der Waals surface area contributed by atoms with E-state index in [2.05, 4.69) is 10.6 Å². The Morgan fingerprint density at radius 3 is 1.90 bits per heavy atom. The molecule has 1 aromatic rings. The maximum absolute atomic E-state index is 12.7. The van der Waals surface area contributed by atoms with Gasteiger partial charge in [0.2, 0.25) is 23.6 Å². The number of carbonyl (C=O) groups is 5. The van der Waals surface area contributed by atoms with E-state index in [0.717, 1.165) is 0 Å². The number of hydrogen-bond donors (Lipinski definition) is 6. The molecule has 0 heterocycles. The molecule has 0 aliphatic rings. The van der Waals surface area contributed by atoms with Crippen molar-refractivity contribution in [3.8, 4) is 0 Å². The summed E-state index contributed by atoms with van der Waals surface area (Å²) >= 11 is 0. The third kappa shape index (κ3) is 9.15. The molecule has 11 heteroatoms. The summed E-state index contributed by atoms with van der Waals surface area (Å²) in [5.74, 6) is -4.10. The molecule has 0 spiro atoms. The predicted molar refractivity (Wildman–Crippen MR) is 106 cm³/mol. The highest BCUT2D eigenvalue weighted by atomic mass is 16.4. The fourth-order valence-electron chi connectivity index (χ4n) is 2.58. The summed E-state index contributed by atoms with van der Waals surface area (Å²) in [6, 6.07) is 5.19. The number of aliphatic carboxylic acids is 1. The lowest BCUT2D eigenvalue weighted by molar-refractivity contribution is -0.142. The van der Waals surface area contributed by atoms with Crippen LogP contribution in [0.3, 0.4) is 0 Å². The van der Waals surface area contributed by atoms with E-state index in [0.29, 0.717) is 5.56 Å². The molecule has 0 fully saturated rings. The number of carbonyl (C=O) groups excluding carboxylic acids is 4. The van der Waals surface area contributed by atoms with Crippen LogP contribution in [0.2, 0.25) is 0 Å². The fraction of sp³-hybridized carbons (Fsp3) is 0.421. The van der Waals surface area contributed by atoms with Crippen LogP contribution in [0, 0.1) is 0 Å². The van der Waals surface area contributed by atoms with E-state index in [4.69, 9.17) is 17.2 Å². The average molecular weight is 421 g/mol. The van der Waals surface area contributed by atoms with Crippen molar-refractivity contribution in [3.05, 3.63) is 35.9 Å². The minimum absolute atomic E-state index is 0.00277. The largest absolute Gasteiger partial charge is 0.480 e. The molecule has 0 radical (unpaired) electrons. The molecule has 0 bridgehead atoms. The third-order valence-electron chi connectivity index (χ3n) is 4.25. The van der Waals surface area contributed by atoms with Crippen molar-refractivity contribution in [3.63, 3.8) is 0 Å². The first-order valence-electron chi connectivity index (χ1n) is 9.29. The number of rotatable bonds is 13. The van der Waals surface area contributed by atoms with E-state index < -0.39 is 47.7 Å². The first kappa shape index (κ1) is 24.6. The summed E-state index contributed by atoms with van der Waals surface area (Å²) in [5.41, 5.74) is 16.5. The van der Waals surface area contributed by atoms with Crippen molar-refractivity contribution in [2.24, 2.45) is 17.2 Å². The van der Waals surface area contributed by atoms with Gasteiger partial charge in [0.25, 0.3) is 0 Å². The van der Waals surface area contributed by atoms with Crippen LogP contribution in [0.15, 0.2) is 30.3 Å². The van der Waals surface area contributed by atoms with Crippen molar-refractivity contribution in [1.82, 2.24) is 10.6 Å². The van der Waals surface area contributed by atoms with Crippen molar-refractivity contribution < 1.29 is 29.1 Å². The highest BCUT2D eigenvalue weighted by Gasteiger charge is 2.28. The Kier molecular flexibility index (Phi) is 9.97. The zero-order valence-corrected chi connectivity index (χ0v) is 16.4. The summed E-state index contributed by atoms with van der Waals surface area (Å²) in [6.45, 7) is 0. The summed E-state index contributed by atoms with van der Waals surface area (Å²) in [4.78, 5) is 58.3. The SMILES string of the molecule is NC(=O)CC[C@H](NC(=O)[C@H](Cc1ccccc1)NC(=O)[C@@H](N)CCC(N)=O)C(=O)O. The zero-order chi connectivity index (χ0) is 22.7. The molecule has 0 saturated heterocycles. The number of nitrogens with two attached hydrogens (primary N) is 3. The number of primary amides is 2. The van der Waals surface area contributed by atoms with E-state index in [1.54, 1.807) is 30.3 Å². The molecular formula is C19H27N5O6. The highest BCUT2D eigenvalue weighted by Crippen LogP contribution is 2.06. The Bertz CT molecular complexity index is 770. The third-order valence-corrected chi connectivity index (χ3v) is 4.25. The van der Waals surface area contributed by atoms with Crippen LogP contribution < -0.4 is 27.8 Å². The van der Waals surface area contributed by atoms with Gasteiger partial charge >= 0.3 is 5.97 Å². The molecule has 0 aliphatic heterocycles. The molecule has 0 aromatic heterocycles. The van der Waals surface area contributed by atoms with Crippen molar-refractivity contribution >= 4 is 29.6 Å². The molecular weight excluding hydrogens is 394 g/mol. The summed E-state index contributed by atoms with van der Waals surface area (Å²) in [6.07, 6.45) is -0.454. The summed E-state index contributed by atoms with van der Waals surface area (Å²) < 4.78 is 0. The standard InChI is InChI=1S/C19H27N5O6/c20-12(6-8-15(21)25)17(27)24-14(10-11-4-2-1-3-5-11)18(28)23-13(19(29)30)7-9-16(22)26/h1-5,12-14H,6-10,20H2,(H2,21,25)(H2,22,26)(H,23,28)(H,24,27)(H,29,30)/t12-,13-,14-/m0/s1. The summed E-state index contributed by atoms with van der Waals surface area (Å²) in [5, 5.41) is 14.1. The van der Waals surface area contributed by atoms with E-state index in [1.165, 1.54) is 0 Å². The zero-order valence-electron chi connectivity index (χ0n) is 16.4. The molecule has 30 heavy (non-hydrogen) atoms. The quantitative estimate of drug-likeness (QED) is 0.214. The van der Waals surface area contributed by atoms with Gasteiger partial charge in [-0.2, -0.15) is 0 Å². The second kappa shape index (κ2) is 12.2. The van der Waals surface area contributed by atoms with Crippen LogP contribution in [-0.2, 0) is 30.4 Å². The topological polar surface area (TPSA) is 208 Å². The van der Waals surface area contributed by atoms with Gasteiger partial charge in [-0.15, -0.1) is 0 Å². The maximum Gasteiger partial charge on any atom is 0.326 e. The second-order valence-electron chi connectivity index (χ2n) is 6.77. The first-order chi connectivity index (χ1) is 14.1. The fourth-order valence-corrected chi connectivity index (χ4v) is 2.58. The lowest BCUT2D eigenvalue weighted by Gasteiger charge is -2.23. The van der Waals surface area contributed by atoms with Crippen molar-refractivity contribution in [2.45, 2.75) is 50.2 Å². The Labute approximate surface area is 173 Å². The van der Waals surface area contributed by atoms with Gasteiger partial charge < -0.3 is 32.9 Å². The molecule has 1 rings (SSSR count). The van der Waals surface area contributed by atoms with Gasteiger partial charge in [0.05, 0.1) is 6.04 Å². The van der Waals surface area contributed by atoms with Gasteiger partial charge in [-0.05, 0) is 18.4 Å². The van der Waals surface area contributed by atoms with E-state index in [9.17, 15) is 29.1 Å². The van der Waals surface area contributed by atoms with Crippen LogP contribution in [0.25, 0.3) is 0 Å². The molecule has 1 aromatic carbocycles. The van der Waals surface area contributed by atoms with Gasteiger partial charge in [0.1, 0.15) is 12.1 Å². The van der Waals surface area contributed by atoms with Crippen LogP contribution >= 0.6 is 0 Å². The molecule has 9 N–H and O–H groups in total. The maximum atomic E-state index is 12.7. The van der Waals surface area contributed by atoms with Crippen molar-refractivity contribution in [1.29, 1.82) is 0 Å². The molecule has 0 saturated carbocycles. The lowest BCUT2D eigenvalue weighted by Crippen LogP contribution is -2.55. The minimum atomic E-state index is -1.36. The van der Waals surface area contributed by atoms with E-state index in [1.807, 2.05) is 0 Å². The van der Waals surface area contributed by atoms with Gasteiger partial charge in [0.15, 0.2) is 0 Å². The number of hydrogen-bond acceptors (Lipinski definition) is 6. The number of benzene rings is 1. The smallest absolute Gasteiger partial charge is 0.326 e. The Morgan fingerprint density at radius 2 is 1.37 bits per heavy atom. The minimum Gasteiger partial charge on any atom is -0.480 e. The van der Waals surface area contributed by atoms with Gasteiger partial charge in [-0.25, -0.2) is 4.79 Å². The Morgan fingerprint density at radius 1 is 0.833 bits per heavy atom. The Hall–Kier alpha value is -3.47. The van der Waals surface area contributed by atoms with Crippen LogP contribution in [-0.4, -0.2) is 52.8 Å². The van der Waals surface area contributed by atoms with Gasteiger partial charge in [-0.3, -0.25) is 19.2 Å². The van der Waals surface area contributed by atoms with Crippen LogP contribution in [0.1, 0.15) is 31.2 Å². The number of carboxylic acid groups (broad SMARTS) is 1. The molecule has 11 nitrogen and oxygen atoms in total. The van der Waals surface area contributed by atoms with E-state index >= 15 is 0 Å². The Balaban J connectivity index is 2.91. The van der Waals surface area contributed by atoms with Crippen LogP contribution in [0.5, 0.6) is 0 Å². The lowest BCUT2D eigenvalue weighted by atomic mass is 10.0. The molecule has 164 valence electrons. The van der Waals surface area contributed by atoms with E-state index in [-0.39, 0.29) is 32.1 Å². The first-order valence-corrected chi connectivity index (χ1v) is 9.29. The predicted octanol–water partition coefficient (Wildman–Crippen LogP) is -1.86. The highest BCUT2D eigenvalue weighted by molar-refractivity contribution is 5.92. The number of carboxylic acids is 1. The molecule has 0 aliphatic carbocycles. The normalized spacial score (nSPS) is 13.5. The second-order valence-corrected chi connectivity index (χ2v) is 6.77. The molecule has 0 unspecified atom stereocenters. The molecule has 3 atom stereocenters. The van der Waals surface area contributed by atoms with Gasteiger partial charge in [-0.1, -0.05) is 30.3 Å². The average Bonchev–Trinajstić information content (AvgIpc) is 2.68. The number of amides is 4. The summed E-state index contributed by atoms with van der Waals surface area (Å²) in [7, 11) is 0.